The second-order valence-corrected chi connectivity index (χ2v) is 10.9. The Kier molecular flexibility index (Phi) is 4.95. The molecule has 5 aliphatic rings. The first kappa shape index (κ1) is 21.0. The van der Waals surface area contributed by atoms with Gasteiger partial charge >= 0.3 is 0 Å². The zero-order valence-corrected chi connectivity index (χ0v) is 19.2. The minimum absolute atomic E-state index is 0.0188. The van der Waals surface area contributed by atoms with Crippen molar-refractivity contribution < 1.29 is 18.9 Å². The lowest BCUT2D eigenvalue weighted by molar-refractivity contribution is -0.216. The highest BCUT2D eigenvalue weighted by molar-refractivity contribution is 5.30. The van der Waals surface area contributed by atoms with Gasteiger partial charge < -0.3 is 18.9 Å². The summed E-state index contributed by atoms with van der Waals surface area (Å²) in [5.74, 6) is 4.82. The Morgan fingerprint density at radius 3 is 2.53 bits per heavy atom. The maximum Gasteiger partial charge on any atom is 0.172 e. The number of hydrogen-bond acceptors (Lipinski definition) is 4. The van der Waals surface area contributed by atoms with Gasteiger partial charge in [-0.15, -0.1) is 6.42 Å². The Bertz CT molecular complexity index is 761. The highest BCUT2D eigenvalue weighted by Gasteiger charge is 2.65. The molecule has 0 amide bonds. The van der Waals surface area contributed by atoms with Crippen LogP contribution in [0.4, 0.5) is 0 Å². The number of allylic oxidation sites excluding steroid dienone is 1. The summed E-state index contributed by atoms with van der Waals surface area (Å²) < 4.78 is 24.0. The third kappa shape index (κ3) is 2.75. The molecule has 0 aromatic carbocycles. The number of rotatable bonds is 3. The molecule has 7 atom stereocenters. The molecule has 166 valence electrons. The van der Waals surface area contributed by atoms with Crippen molar-refractivity contribution in [3.05, 3.63) is 11.6 Å². The van der Waals surface area contributed by atoms with Crippen molar-refractivity contribution in [3.8, 4) is 12.3 Å². The smallest absolute Gasteiger partial charge is 0.172 e. The SMILES string of the molecule is C#C[C@]1(OC(C)OC)CC[C@H]2[C@@H]3CC=C4CC5(CC[C@]4(C)[C@H]3CC[C@@]21C)OCCO5. The number of methoxy groups -OCH3 is 1. The zero-order valence-electron chi connectivity index (χ0n) is 19.2. The van der Waals surface area contributed by atoms with E-state index in [0.29, 0.717) is 11.8 Å². The lowest BCUT2D eigenvalue weighted by Gasteiger charge is -2.59. The van der Waals surface area contributed by atoms with Crippen LogP contribution in [0.15, 0.2) is 11.6 Å². The Morgan fingerprint density at radius 1 is 1.10 bits per heavy atom. The fourth-order valence-corrected chi connectivity index (χ4v) is 8.14. The van der Waals surface area contributed by atoms with Crippen LogP contribution in [0.1, 0.15) is 72.1 Å². The molecule has 0 aromatic rings. The second-order valence-electron chi connectivity index (χ2n) is 10.9. The molecule has 1 spiro atoms. The molecule has 4 nitrogen and oxygen atoms in total. The van der Waals surface area contributed by atoms with Gasteiger partial charge in [-0.2, -0.15) is 0 Å². The molecule has 3 saturated carbocycles. The third-order valence-electron chi connectivity index (χ3n) is 9.98. The first-order valence-corrected chi connectivity index (χ1v) is 12.0. The van der Waals surface area contributed by atoms with Gasteiger partial charge in [-0.25, -0.2) is 0 Å². The van der Waals surface area contributed by atoms with Gasteiger partial charge in [-0.3, -0.25) is 0 Å². The van der Waals surface area contributed by atoms with E-state index in [1.807, 2.05) is 6.92 Å². The lowest BCUT2D eigenvalue weighted by Crippen LogP contribution is -2.56. The van der Waals surface area contributed by atoms with Gasteiger partial charge in [0.15, 0.2) is 12.1 Å². The monoisotopic (exact) mass is 414 g/mol. The van der Waals surface area contributed by atoms with Crippen LogP contribution in [0.25, 0.3) is 0 Å². The van der Waals surface area contributed by atoms with Crippen LogP contribution in [0.3, 0.4) is 0 Å². The maximum atomic E-state index is 6.44. The summed E-state index contributed by atoms with van der Waals surface area (Å²) in [5, 5.41) is 0. The van der Waals surface area contributed by atoms with Gasteiger partial charge in [0.1, 0.15) is 5.60 Å². The van der Waals surface area contributed by atoms with Gasteiger partial charge in [0.25, 0.3) is 0 Å². The topological polar surface area (TPSA) is 36.9 Å². The molecule has 0 N–H and O–H groups in total. The molecule has 5 rings (SSSR count). The van der Waals surface area contributed by atoms with Crippen LogP contribution in [0, 0.1) is 40.9 Å². The lowest BCUT2D eigenvalue weighted by atomic mass is 9.46. The fourth-order valence-electron chi connectivity index (χ4n) is 8.14. The van der Waals surface area contributed by atoms with Crippen LogP contribution in [0.5, 0.6) is 0 Å². The summed E-state index contributed by atoms with van der Waals surface area (Å²) in [6, 6.07) is 0. The molecular weight excluding hydrogens is 376 g/mol. The van der Waals surface area contributed by atoms with E-state index >= 15 is 0 Å². The number of fused-ring (bicyclic) bond motifs is 5. The molecule has 1 aliphatic heterocycles. The Hall–Kier alpha value is -0.860. The molecule has 1 unspecified atom stereocenters. The van der Waals surface area contributed by atoms with Crippen molar-refractivity contribution in [2.45, 2.75) is 89.8 Å². The number of terminal acetylenes is 1. The Morgan fingerprint density at radius 2 is 1.83 bits per heavy atom. The van der Waals surface area contributed by atoms with Crippen molar-refractivity contribution in [2.75, 3.05) is 20.3 Å². The van der Waals surface area contributed by atoms with Crippen LogP contribution in [-0.2, 0) is 18.9 Å². The predicted octanol–water partition coefficient (Wildman–Crippen LogP) is 5.07. The first-order chi connectivity index (χ1) is 14.3. The van der Waals surface area contributed by atoms with E-state index in [1.54, 1.807) is 12.7 Å². The zero-order chi connectivity index (χ0) is 21.2. The molecule has 4 aliphatic carbocycles. The average molecular weight is 415 g/mol. The van der Waals surface area contributed by atoms with Crippen LogP contribution in [0.2, 0.25) is 0 Å². The van der Waals surface area contributed by atoms with E-state index in [1.165, 1.54) is 12.8 Å². The largest absolute Gasteiger partial charge is 0.356 e. The van der Waals surface area contributed by atoms with E-state index in [0.717, 1.165) is 57.7 Å². The normalized spacial score (nSPS) is 47.7. The summed E-state index contributed by atoms with van der Waals surface area (Å²) in [6.45, 7) is 8.37. The third-order valence-corrected chi connectivity index (χ3v) is 9.98. The first-order valence-electron chi connectivity index (χ1n) is 12.0. The summed E-state index contributed by atoms with van der Waals surface area (Å²) in [5.41, 5.74) is 1.37. The van der Waals surface area contributed by atoms with Crippen molar-refractivity contribution >= 4 is 0 Å². The van der Waals surface area contributed by atoms with Gasteiger partial charge in [0, 0.05) is 25.4 Å². The quantitative estimate of drug-likeness (QED) is 0.367. The molecular formula is C26H38O4. The highest BCUT2D eigenvalue weighted by atomic mass is 16.7. The molecule has 1 heterocycles. The van der Waals surface area contributed by atoms with Crippen molar-refractivity contribution in [2.24, 2.45) is 28.6 Å². The van der Waals surface area contributed by atoms with Crippen molar-refractivity contribution in [3.63, 3.8) is 0 Å². The number of ether oxygens (including phenoxy) is 4. The van der Waals surface area contributed by atoms with Gasteiger partial charge in [-0.1, -0.05) is 31.4 Å². The summed E-state index contributed by atoms with van der Waals surface area (Å²) in [4.78, 5) is 0. The van der Waals surface area contributed by atoms with E-state index in [9.17, 15) is 0 Å². The van der Waals surface area contributed by atoms with Crippen LogP contribution in [-0.4, -0.2) is 38.0 Å². The predicted molar refractivity (Wildman–Crippen MR) is 115 cm³/mol. The molecule has 30 heavy (non-hydrogen) atoms. The fraction of sp³-hybridized carbons (Fsp3) is 0.846. The molecule has 0 aromatic heterocycles. The summed E-state index contributed by atoms with van der Waals surface area (Å²) >= 11 is 0. The van der Waals surface area contributed by atoms with Crippen LogP contribution >= 0.6 is 0 Å². The van der Waals surface area contributed by atoms with Gasteiger partial charge in [-0.05, 0) is 68.6 Å². The van der Waals surface area contributed by atoms with Crippen molar-refractivity contribution in [1.82, 2.24) is 0 Å². The van der Waals surface area contributed by atoms with E-state index < -0.39 is 5.60 Å². The highest BCUT2D eigenvalue weighted by Crippen LogP contribution is 2.68. The Labute approximate surface area is 182 Å². The number of hydrogen-bond donors (Lipinski definition) is 0. The Balaban J connectivity index is 1.43. The van der Waals surface area contributed by atoms with E-state index in [2.05, 4.69) is 25.8 Å². The van der Waals surface area contributed by atoms with Crippen molar-refractivity contribution in [1.29, 1.82) is 0 Å². The van der Waals surface area contributed by atoms with E-state index in [-0.39, 0.29) is 22.9 Å². The maximum absolute atomic E-state index is 6.44. The molecule has 4 fully saturated rings. The molecule has 0 bridgehead atoms. The summed E-state index contributed by atoms with van der Waals surface area (Å²) in [7, 11) is 1.70. The molecule has 0 radical (unpaired) electrons. The van der Waals surface area contributed by atoms with Gasteiger partial charge in [0.2, 0.25) is 0 Å². The minimum atomic E-state index is -0.509. The van der Waals surface area contributed by atoms with E-state index in [4.69, 9.17) is 25.4 Å². The molecule has 1 saturated heterocycles. The average Bonchev–Trinajstić information content (AvgIpc) is 3.31. The van der Waals surface area contributed by atoms with Crippen LogP contribution < -0.4 is 0 Å². The molecule has 4 heteroatoms. The second kappa shape index (κ2) is 7.07. The summed E-state index contributed by atoms with van der Waals surface area (Å²) in [6.07, 6.45) is 17.2. The van der Waals surface area contributed by atoms with Gasteiger partial charge in [0.05, 0.1) is 13.2 Å². The standard InChI is InChI=1S/C26H38O4/c1-6-25(30-18(2)27-5)12-10-22-20-8-7-19-17-26(28-15-16-29-26)14-13-23(19,3)21(20)9-11-24(22,25)4/h1,7,18,20-22H,8-17H2,2-5H3/t18?,20-,21+,22+,23+,24+,25+/m1/s1. The minimum Gasteiger partial charge on any atom is -0.356 e.